The lowest BCUT2D eigenvalue weighted by Gasteiger charge is -2.17. The number of ether oxygens (including phenoxy) is 2. The minimum atomic E-state index is -2.77. The zero-order valence-corrected chi connectivity index (χ0v) is 18.4. The highest BCUT2D eigenvalue weighted by Crippen LogP contribution is 2.31. The molecule has 30 heavy (non-hydrogen) atoms. The molecule has 0 saturated heterocycles. The summed E-state index contributed by atoms with van der Waals surface area (Å²) in [4.78, 5) is 19.4. The lowest BCUT2D eigenvalue weighted by molar-refractivity contribution is 0.137. The zero-order valence-electron chi connectivity index (χ0n) is 18.4. The van der Waals surface area contributed by atoms with Crippen LogP contribution in [-0.4, -0.2) is 29.8 Å². The van der Waals surface area contributed by atoms with Crippen molar-refractivity contribution in [1.82, 2.24) is 9.97 Å². The number of anilines is 1. The van der Waals surface area contributed by atoms with Crippen LogP contribution in [0.2, 0.25) is 0 Å². The molecule has 8 heteroatoms. The summed E-state index contributed by atoms with van der Waals surface area (Å²) in [6.45, 7) is 10.6. The van der Waals surface area contributed by atoms with Gasteiger partial charge in [0.15, 0.2) is 0 Å². The van der Waals surface area contributed by atoms with Crippen molar-refractivity contribution in [3.63, 3.8) is 0 Å². The van der Waals surface area contributed by atoms with E-state index in [9.17, 15) is 13.6 Å². The highest BCUT2D eigenvalue weighted by Gasteiger charge is 2.19. The number of carbonyl (C=O) groups is 1. The number of hydrogen-bond donors (Lipinski definition) is 1. The van der Waals surface area contributed by atoms with Gasteiger partial charge in [0.25, 0.3) is 6.43 Å². The van der Waals surface area contributed by atoms with Gasteiger partial charge in [-0.05, 0) is 42.5 Å². The molecule has 0 radical (unpaired) electrons. The van der Waals surface area contributed by atoms with Crippen molar-refractivity contribution in [1.29, 1.82) is 0 Å². The summed E-state index contributed by atoms with van der Waals surface area (Å²) >= 11 is 0. The minimum Gasteiger partial charge on any atom is -0.491 e. The van der Waals surface area contributed by atoms with E-state index in [1.165, 1.54) is 25.4 Å². The first-order valence-corrected chi connectivity index (χ1v) is 10.0. The molecule has 2 heterocycles. The monoisotopic (exact) mass is 423 g/mol. The number of carbonyl (C=O) groups excluding carboxylic acids is 1. The van der Waals surface area contributed by atoms with Crippen LogP contribution in [0.25, 0.3) is 11.3 Å². The highest BCUT2D eigenvalue weighted by molar-refractivity contribution is 5.84. The average Bonchev–Trinajstić information content (AvgIpc) is 2.73. The number of halogens is 2. The molecule has 0 spiro atoms. The summed E-state index contributed by atoms with van der Waals surface area (Å²) in [5.74, 6) is 1.06. The molecular weight excluding hydrogens is 392 g/mol. The Morgan fingerprint density at radius 1 is 1.17 bits per heavy atom. The third-order valence-corrected chi connectivity index (χ3v) is 3.96. The Hall–Kier alpha value is -2.77. The predicted octanol–water partition coefficient (Wildman–Crippen LogP) is 6.35. The van der Waals surface area contributed by atoms with E-state index < -0.39 is 18.2 Å². The fraction of sp³-hybridized carbons (Fsp3) is 0.500. The van der Waals surface area contributed by atoms with Crippen molar-refractivity contribution in [2.75, 3.05) is 19.0 Å². The van der Waals surface area contributed by atoms with E-state index in [4.69, 9.17) is 4.74 Å². The molecule has 1 N–H and O–H groups in total. The summed E-state index contributed by atoms with van der Waals surface area (Å²) in [5.41, 5.74) is 0.449. The second kappa shape index (κ2) is 12.7. The van der Waals surface area contributed by atoms with Crippen LogP contribution in [0.1, 0.15) is 53.2 Å². The van der Waals surface area contributed by atoms with Crippen molar-refractivity contribution >= 4 is 11.9 Å². The van der Waals surface area contributed by atoms with Crippen LogP contribution in [0.3, 0.4) is 0 Å². The van der Waals surface area contributed by atoms with Crippen LogP contribution in [0.5, 0.6) is 5.75 Å². The summed E-state index contributed by atoms with van der Waals surface area (Å²) in [5, 5.41) is 2.43. The van der Waals surface area contributed by atoms with Crippen molar-refractivity contribution in [2.45, 2.75) is 47.5 Å². The minimum absolute atomic E-state index is 0.0799. The van der Waals surface area contributed by atoms with E-state index in [0.717, 1.165) is 6.42 Å². The van der Waals surface area contributed by atoms with E-state index in [0.29, 0.717) is 23.8 Å². The second-order valence-electron chi connectivity index (χ2n) is 6.97. The topological polar surface area (TPSA) is 73.3 Å². The van der Waals surface area contributed by atoms with Gasteiger partial charge in [0.1, 0.15) is 17.3 Å². The summed E-state index contributed by atoms with van der Waals surface area (Å²) in [6.07, 6.45) is -1.06. The van der Waals surface area contributed by atoms with Crippen LogP contribution in [-0.2, 0) is 4.74 Å². The lowest BCUT2D eigenvalue weighted by atomic mass is 10.00. The van der Waals surface area contributed by atoms with Gasteiger partial charge in [-0.3, -0.25) is 5.32 Å². The quantitative estimate of drug-likeness (QED) is 0.536. The smallest absolute Gasteiger partial charge is 0.412 e. The van der Waals surface area contributed by atoms with Crippen molar-refractivity contribution in [2.24, 2.45) is 11.8 Å². The van der Waals surface area contributed by atoms with Crippen LogP contribution < -0.4 is 10.1 Å². The number of nitrogens with one attached hydrogen (secondary N) is 1. The Morgan fingerprint density at radius 2 is 1.87 bits per heavy atom. The van der Waals surface area contributed by atoms with Gasteiger partial charge in [-0.1, -0.05) is 34.6 Å². The standard InChI is InChI=1S/C20H25F2N3O3.C2H6/c1-12(2)9-13(3)11-28-16-6-5-15(24-18(16)19(21)22)14-7-8-23-17(10-14)25-20(26)27-4;1-2/h5-8,10,12-13,19H,9,11H2,1-4H3,(H,23,25,26);1-2H3. The van der Waals surface area contributed by atoms with Crippen molar-refractivity contribution in [3.05, 3.63) is 36.2 Å². The molecule has 1 unspecified atom stereocenters. The molecule has 1 atom stereocenters. The van der Waals surface area contributed by atoms with Gasteiger partial charge < -0.3 is 9.47 Å². The molecule has 0 aliphatic heterocycles. The second-order valence-corrected chi connectivity index (χ2v) is 6.97. The first-order valence-electron chi connectivity index (χ1n) is 10.0. The van der Waals surface area contributed by atoms with Crippen LogP contribution in [0, 0.1) is 11.8 Å². The maximum atomic E-state index is 13.5. The van der Waals surface area contributed by atoms with E-state index in [-0.39, 0.29) is 17.5 Å². The fourth-order valence-corrected chi connectivity index (χ4v) is 2.82. The van der Waals surface area contributed by atoms with Gasteiger partial charge in [-0.25, -0.2) is 23.5 Å². The molecular formula is C22H31F2N3O3. The van der Waals surface area contributed by atoms with Crippen molar-refractivity contribution < 1.29 is 23.0 Å². The number of hydrogen-bond acceptors (Lipinski definition) is 5. The molecule has 0 saturated carbocycles. The molecule has 0 aliphatic carbocycles. The molecule has 2 aromatic heterocycles. The van der Waals surface area contributed by atoms with Gasteiger partial charge in [-0.2, -0.15) is 0 Å². The van der Waals surface area contributed by atoms with E-state index in [2.05, 4.69) is 33.9 Å². The number of alkyl halides is 2. The number of methoxy groups -OCH3 is 1. The molecule has 0 aliphatic rings. The zero-order chi connectivity index (χ0) is 22.7. The Bertz CT molecular complexity index is 801. The summed E-state index contributed by atoms with van der Waals surface area (Å²) in [7, 11) is 1.23. The summed E-state index contributed by atoms with van der Waals surface area (Å²) in [6, 6.07) is 6.25. The average molecular weight is 424 g/mol. The predicted molar refractivity (Wildman–Crippen MR) is 114 cm³/mol. The Kier molecular flexibility index (Phi) is 10.7. The van der Waals surface area contributed by atoms with Gasteiger partial charge in [0.05, 0.1) is 19.4 Å². The van der Waals surface area contributed by atoms with Gasteiger partial charge in [0, 0.05) is 11.8 Å². The normalized spacial score (nSPS) is 11.5. The fourth-order valence-electron chi connectivity index (χ4n) is 2.82. The molecule has 166 valence electrons. The van der Waals surface area contributed by atoms with Gasteiger partial charge >= 0.3 is 6.09 Å². The maximum absolute atomic E-state index is 13.5. The van der Waals surface area contributed by atoms with Gasteiger partial charge in [-0.15, -0.1) is 0 Å². The van der Waals surface area contributed by atoms with Gasteiger partial charge in [0.2, 0.25) is 0 Å². The van der Waals surface area contributed by atoms with Crippen LogP contribution in [0.4, 0.5) is 19.4 Å². The first kappa shape index (κ1) is 25.3. The maximum Gasteiger partial charge on any atom is 0.412 e. The largest absolute Gasteiger partial charge is 0.491 e. The Morgan fingerprint density at radius 3 is 2.47 bits per heavy atom. The van der Waals surface area contributed by atoms with Crippen LogP contribution in [0.15, 0.2) is 30.5 Å². The number of aromatic nitrogens is 2. The first-order chi connectivity index (χ1) is 14.3. The van der Waals surface area contributed by atoms with E-state index >= 15 is 0 Å². The molecule has 2 aromatic rings. The molecule has 0 aromatic carbocycles. The number of nitrogens with zero attached hydrogens (tertiary/aromatic N) is 2. The SMILES string of the molecule is CC.COC(=O)Nc1cc(-c2ccc(OCC(C)CC(C)C)c(C(F)F)n2)ccn1. The molecule has 0 fully saturated rings. The number of rotatable bonds is 8. The number of amides is 1. The molecule has 6 nitrogen and oxygen atoms in total. The van der Waals surface area contributed by atoms with Crippen molar-refractivity contribution in [3.8, 4) is 17.0 Å². The summed E-state index contributed by atoms with van der Waals surface area (Å²) < 4.78 is 37.2. The van der Waals surface area contributed by atoms with E-state index in [1.54, 1.807) is 12.1 Å². The number of pyridine rings is 2. The lowest BCUT2D eigenvalue weighted by Crippen LogP contribution is -2.13. The molecule has 1 amide bonds. The third-order valence-electron chi connectivity index (χ3n) is 3.96. The molecule has 0 bridgehead atoms. The Balaban J connectivity index is 0.00000218. The van der Waals surface area contributed by atoms with E-state index in [1.807, 2.05) is 20.8 Å². The highest BCUT2D eigenvalue weighted by atomic mass is 19.3. The Labute approximate surface area is 177 Å². The van der Waals surface area contributed by atoms with Crippen LogP contribution >= 0.6 is 0 Å². The third kappa shape index (κ3) is 7.93. The molecule has 2 rings (SSSR count).